The molecule has 3 N–H and O–H groups in total. The average Bonchev–Trinajstić information content (AvgIpc) is 3.35. The van der Waals surface area contributed by atoms with Crippen molar-refractivity contribution in [3.63, 3.8) is 0 Å². The third-order valence-corrected chi connectivity index (χ3v) is 6.04. The Bertz CT molecular complexity index is 1430. The third kappa shape index (κ3) is 3.40. The lowest BCUT2D eigenvalue weighted by molar-refractivity contribution is -0.116. The minimum Gasteiger partial charge on any atom is -0.364 e. The molecule has 0 saturated heterocycles. The lowest BCUT2D eigenvalue weighted by Crippen LogP contribution is -2.24. The monoisotopic (exact) mass is 491 g/mol. The van der Waals surface area contributed by atoms with Crippen LogP contribution in [0.5, 0.6) is 0 Å². The predicted molar refractivity (Wildman–Crippen MR) is 122 cm³/mol. The Hall–Kier alpha value is -3.73. The van der Waals surface area contributed by atoms with Crippen molar-refractivity contribution in [3.8, 4) is 11.4 Å². The molecule has 1 amide bonds. The highest BCUT2D eigenvalue weighted by Gasteiger charge is 2.23. The first-order chi connectivity index (χ1) is 15.7. The molecule has 1 aromatic carbocycles. The number of carbonyl (C=O) groups is 1. The van der Waals surface area contributed by atoms with Gasteiger partial charge in [0.05, 0.1) is 17.3 Å². The molecule has 0 atom stereocenters. The molecule has 32 heavy (non-hydrogen) atoms. The average molecular weight is 492 g/mol. The van der Waals surface area contributed by atoms with Crippen LogP contribution >= 0.6 is 15.9 Å². The first kappa shape index (κ1) is 19.0. The van der Waals surface area contributed by atoms with Crippen LogP contribution in [0.15, 0.2) is 59.4 Å². The fourth-order valence-electron chi connectivity index (χ4n) is 3.60. The van der Waals surface area contributed by atoms with Gasteiger partial charge >= 0.3 is 0 Å². The van der Waals surface area contributed by atoms with Gasteiger partial charge in [-0.05, 0) is 46.8 Å². The number of benzene rings is 1. The van der Waals surface area contributed by atoms with Crippen molar-refractivity contribution in [2.75, 3.05) is 5.32 Å². The second-order valence-corrected chi connectivity index (χ2v) is 8.65. The number of fused-ring (bicyclic) bond motifs is 3. The summed E-state index contributed by atoms with van der Waals surface area (Å²) in [5.74, 6) is 1.34. The summed E-state index contributed by atoms with van der Waals surface area (Å²) in [6.07, 6.45) is 11.0. The van der Waals surface area contributed by atoms with Gasteiger partial charge in [-0.25, -0.2) is 9.97 Å². The van der Waals surface area contributed by atoms with Crippen LogP contribution in [0.1, 0.15) is 12.8 Å². The number of hydrogen-bond donors (Lipinski definition) is 3. The molecular formula is C21H18BrN9O. The normalized spacial score (nSPS) is 16.0. The minimum absolute atomic E-state index is 0.296. The molecule has 0 unspecified atom stereocenters. The Morgan fingerprint density at radius 2 is 2.12 bits per heavy atom. The predicted octanol–water partition coefficient (Wildman–Crippen LogP) is 2.76. The van der Waals surface area contributed by atoms with Gasteiger partial charge in [0.2, 0.25) is 5.95 Å². The maximum Gasteiger partial charge on any atom is 0.273 e. The number of halogens is 1. The van der Waals surface area contributed by atoms with E-state index in [0.717, 1.165) is 27.9 Å². The molecule has 6 rings (SSSR count). The van der Waals surface area contributed by atoms with Gasteiger partial charge in [0.1, 0.15) is 5.70 Å². The molecule has 0 bridgehead atoms. The van der Waals surface area contributed by atoms with Crippen LogP contribution in [0, 0.1) is 5.92 Å². The van der Waals surface area contributed by atoms with Gasteiger partial charge in [0.25, 0.3) is 5.91 Å². The van der Waals surface area contributed by atoms with E-state index in [1.807, 2.05) is 29.1 Å². The topological polar surface area (TPSA) is 114 Å². The summed E-state index contributed by atoms with van der Waals surface area (Å²) in [5, 5.41) is 18.7. The van der Waals surface area contributed by atoms with Crippen molar-refractivity contribution in [1.82, 2.24) is 40.0 Å². The van der Waals surface area contributed by atoms with Gasteiger partial charge in [-0.15, -0.1) is 5.10 Å². The van der Waals surface area contributed by atoms with Crippen molar-refractivity contribution >= 4 is 44.3 Å². The van der Waals surface area contributed by atoms with Gasteiger partial charge in [-0.1, -0.05) is 6.07 Å². The van der Waals surface area contributed by atoms with Crippen LogP contribution in [0.2, 0.25) is 0 Å². The Morgan fingerprint density at radius 1 is 1.22 bits per heavy atom. The van der Waals surface area contributed by atoms with Gasteiger partial charge in [-0.3, -0.25) is 9.48 Å². The number of rotatable bonds is 5. The standard InChI is InChI=1S/C21H18BrN9O/c22-15-3-1-2-14-17(15)27-21(26-16-9-23-6-7-24-20(16)32)31-19(14)28-18(29-31)13-8-25-30(11-13)10-12-4-5-12/h1-3,6-9,11-12,23H,4-5,10H2,(H,24,32)(H,26,27). The van der Waals surface area contributed by atoms with Crippen LogP contribution in [0.3, 0.4) is 0 Å². The van der Waals surface area contributed by atoms with E-state index in [1.54, 1.807) is 23.1 Å². The zero-order valence-corrected chi connectivity index (χ0v) is 18.4. The number of carbonyl (C=O) groups excluding carboxylic acids is 1. The first-order valence-electron chi connectivity index (χ1n) is 10.2. The van der Waals surface area contributed by atoms with Crippen molar-refractivity contribution in [3.05, 3.63) is 59.4 Å². The Balaban J connectivity index is 1.48. The SMILES string of the molecule is O=C1NC=CNC=C1Nc1nc2c(Br)cccc2c2nc(-c3cnn(CC4CC4)c3)nn12. The molecule has 0 radical (unpaired) electrons. The third-order valence-electron chi connectivity index (χ3n) is 5.40. The summed E-state index contributed by atoms with van der Waals surface area (Å²) in [4.78, 5) is 21.9. The first-order valence-corrected chi connectivity index (χ1v) is 11.0. The van der Waals surface area contributed by atoms with Gasteiger partial charge < -0.3 is 16.0 Å². The van der Waals surface area contributed by atoms with Crippen LogP contribution in [-0.4, -0.2) is 35.3 Å². The number of nitrogens with zero attached hydrogens (tertiary/aromatic N) is 6. The summed E-state index contributed by atoms with van der Waals surface area (Å²) >= 11 is 3.57. The fraction of sp³-hybridized carbons (Fsp3) is 0.190. The molecule has 2 aliphatic rings. The smallest absolute Gasteiger partial charge is 0.273 e. The van der Waals surface area contributed by atoms with E-state index in [0.29, 0.717) is 28.6 Å². The quantitative estimate of drug-likeness (QED) is 0.393. The zero-order valence-electron chi connectivity index (χ0n) is 16.8. The molecule has 1 aliphatic heterocycles. The van der Waals surface area contributed by atoms with Crippen LogP contribution in [0.25, 0.3) is 27.9 Å². The van der Waals surface area contributed by atoms with E-state index in [1.165, 1.54) is 19.0 Å². The van der Waals surface area contributed by atoms with E-state index in [-0.39, 0.29) is 5.91 Å². The number of aromatic nitrogens is 6. The van der Waals surface area contributed by atoms with E-state index in [2.05, 4.69) is 37.0 Å². The molecule has 11 heteroatoms. The maximum absolute atomic E-state index is 12.4. The molecular weight excluding hydrogens is 474 g/mol. The molecule has 10 nitrogen and oxygen atoms in total. The highest BCUT2D eigenvalue weighted by atomic mass is 79.9. The summed E-state index contributed by atoms with van der Waals surface area (Å²) in [5.41, 5.74) is 2.47. The van der Waals surface area contributed by atoms with Gasteiger partial charge in [0.15, 0.2) is 11.5 Å². The Labute approximate surface area is 190 Å². The largest absolute Gasteiger partial charge is 0.364 e. The van der Waals surface area contributed by atoms with Crippen LogP contribution in [-0.2, 0) is 11.3 Å². The molecule has 1 saturated carbocycles. The molecule has 4 aromatic rings. The van der Waals surface area contributed by atoms with Crippen molar-refractivity contribution in [2.45, 2.75) is 19.4 Å². The zero-order chi connectivity index (χ0) is 21.7. The van der Waals surface area contributed by atoms with E-state index < -0.39 is 0 Å². The van der Waals surface area contributed by atoms with Gasteiger partial charge in [0, 0.05) is 41.2 Å². The van der Waals surface area contributed by atoms with Crippen LogP contribution in [0.4, 0.5) is 5.95 Å². The van der Waals surface area contributed by atoms with E-state index in [9.17, 15) is 4.79 Å². The second kappa shape index (κ2) is 7.45. The molecule has 160 valence electrons. The number of hydrogen-bond acceptors (Lipinski definition) is 7. The Morgan fingerprint density at radius 3 is 3.00 bits per heavy atom. The molecule has 1 fully saturated rings. The minimum atomic E-state index is -0.296. The van der Waals surface area contributed by atoms with Crippen LogP contribution < -0.4 is 16.0 Å². The highest BCUT2D eigenvalue weighted by molar-refractivity contribution is 9.10. The summed E-state index contributed by atoms with van der Waals surface area (Å²) in [6.45, 7) is 0.919. The summed E-state index contributed by atoms with van der Waals surface area (Å²) < 4.78 is 4.39. The highest BCUT2D eigenvalue weighted by Crippen LogP contribution is 2.31. The lowest BCUT2D eigenvalue weighted by Gasteiger charge is -2.11. The fourth-order valence-corrected chi connectivity index (χ4v) is 4.05. The van der Waals surface area contributed by atoms with E-state index >= 15 is 0 Å². The number of nitrogens with one attached hydrogen (secondary N) is 3. The van der Waals surface area contributed by atoms with Crippen molar-refractivity contribution < 1.29 is 4.79 Å². The van der Waals surface area contributed by atoms with Crippen molar-refractivity contribution in [2.24, 2.45) is 5.92 Å². The maximum atomic E-state index is 12.4. The summed E-state index contributed by atoms with van der Waals surface area (Å²) in [6, 6.07) is 5.79. The van der Waals surface area contributed by atoms with E-state index in [4.69, 9.17) is 15.1 Å². The number of anilines is 1. The second-order valence-electron chi connectivity index (χ2n) is 7.79. The molecule has 3 aromatic heterocycles. The summed E-state index contributed by atoms with van der Waals surface area (Å²) in [7, 11) is 0. The van der Waals surface area contributed by atoms with Crippen molar-refractivity contribution in [1.29, 1.82) is 0 Å². The van der Waals surface area contributed by atoms with Gasteiger partial charge in [-0.2, -0.15) is 9.61 Å². The molecule has 0 spiro atoms. The Kier molecular flexibility index (Phi) is 4.42. The number of para-hydroxylation sites is 1. The lowest BCUT2D eigenvalue weighted by atomic mass is 10.2. The molecule has 1 aliphatic carbocycles. The number of amides is 1. The molecule has 4 heterocycles.